The highest BCUT2D eigenvalue weighted by Gasteiger charge is 2.02. The predicted octanol–water partition coefficient (Wildman–Crippen LogP) is 4.06. The van der Waals surface area contributed by atoms with Gasteiger partial charge in [0.15, 0.2) is 5.78 Å². The van der Waals surface area contributed by atoms with Crippen molar-refractivity contribution in [1.82, 2.24) is 4.98 Å². The monoisotopic (exact) mass is 247 g/mol. The summed E-state index contributed by atoms with van der Waals surface area (Å²) in [6, 6.07) is 17.3. The number of hydrogen-bond acceptors (Lipinski definition) is 1. The highest BCUT2D eigenvalue weighted by Crippen LogP contribution is 2.19. The van der Waals surface area contributed by atoms with E-state index in [1.807, 2.05) is 66.9 Å². The van der Waals surface area contributed by atoms with Gasteiger partial charge in [-0.1, -0.05) is 48.5 Å². The molecule has 0 fully saturated rings. The molecule has 0 amide bonds. The fourth-order valence-electron chi connectivity index (χ4n) is 2.10. The summed E-state index contributed by atoms with van der Waals surface area (Å²) in [7, 11) is 0. The first-order chi connectivity index (χ1) is 9.34. The van der Waals surface area contributed by atoms with Gasteiger partial charge in [0.2, 0.25) is 0 Å². The van der Waals surface area contributed by atoms with Gasteiger partial charge in [0.05, 0.1) is 0 Å². The van der Waals surface area contributed by atoms with E-state index in [4.69, 9.17) is 0 Å². The fourth-order valence-corrected chi connectivity index (χ4v) is 2.10. The van der Waals surface area contributed by atoms with Gasteiger partial charge in [-0.25, -0.2) is 0 Å². The van der Waals surface area contributed by atoms with Crippen molar-refractivity contribution >= 4 is 22.8 Å². The average molecular weight is 247 g/mol. The third kappa shape index (κ3) is 2.33. The zero-order valence-corrected chi connectivity index (χ0v) is 10.3. The van der Waals surface area contributed by atoms with Crippen LogP contribution in [0.1, 0.15) is 15.9 Å². The number of hydrogen-bond donors (Lipinski definition) is 1. The number of aromatic amines is 1. The van der Waals surface area contributed by atoms with Gasteiger partial charge in [-0.3, -0.25) is 4.79 Å². The molecule has 0 bridgehead atoms. The lowest BCUT2D eigenvalue weighted by atomic mass is 10.1. The van der Waals surface area contributed by atoms with Gasteiger partial charge in [0.1, 0.15) is 0 Å². The highest BCUT2D eigenvalue weighted by atomic mass is 16.1. The highest BCUT2D eigenvalue weighted by molar-refractivity contribution is 6.07. The van der Waals surface area contributed by atoms with Gasteiger partial charge < -0.3 is 4.98 Å². The van der Waals surface area contributed by atoms with Gasteiger partial charge >= 0.3 is 0 Å². The maximum Gasteiger partial charge on any atom is 0.185 e. The zero-order valence-electron chi connectivity index (χ0n) is 10.3. The van der Waals surface area contributed by atoms with Crippen LogP contribution in [0.4, 0.5) is 0 Å². The smallest absolute Gasteiger partial charge is 0.185 e. The zero-order chi connectivity index (χ0) is 13.1. The quantitative estimate of drug-likeness (QED) is 0.549. The second-order valence-electron chi connectivity index (χ2n) is 4.35. The molecule has 0 saturated carbocycles. The number of nitrogens with one attached hydrogen (secondary N) is 1. The molecule has 2 nitrogen and oxygen atoms in total. The molecule has 92 valence electrons. The van der Waals surface area contributed by atoms with Crippen molar-refractivity contribution in [2.75, 3.05) is 0 Å². The summed E-state index contributed by atoms with van der Waals surface area (Å²) in [4.78, 5) is 15.2. The van der Waals surface area contributed by atoms with Crippen molar-refractivity contribution < 1.29 is 4.79 Å². The van der Waals surface area contributed by atoms with E-state index in [1.54, 1.807) is 6.08 Å². The number of ketones is 1. The predicted molar refractivity (Wildman–Crippen MR) is 78.1 cm³/mol. The van der Waals surface area contributed by atoms with E-state index in [2.05, 4.69) is 4.98 Å². The first-order valence-corrected chi connectivity index (χ1v) is 6.18. The third-order valence-corrected chi connectivity index (χ3v) is 3.09. The molecule has 0 radical (unpaired) electrons. The van der Waals surface area contributed by atoms with E-state index in [0.717, 1.165) is 16.5 Å². The van der Waals surface area contributed by atoms with Crippen LogP contribution < -0.4 is 0 Å². The minimum Gasteiger partial charge on any atom is -0.361 e. The van der Waals surface area contributed by atoms with Crippen molar-refractivity contribution in [2.45, 2.75) is 0 Å². The average Bonchev–Trinajstić information content (AvgIpc) is 2.89. The van der Waals surface area contributed by atoms with E-state index >= 15 is 0 Å². The molecular weight excluding hydrogens is 234 g/mol. The van der Waals surface area contributed by atoms with E-state index in [0.29, 0.717) is 5.56 Å². The molecule has 3 rings (SSSR count). The molecule has 0 aliphatic carbocycles. The Labute approximate surface area is 111 Å². The van der Waals surface area contributed by atoms with Crippen LogP contribution in [0.15, 0.2) is 66.9 Å². The second-order valence-corrected chi connectivity index (χ2v) is 4.35. The number of rotatable bonds is 3. The van der Waals surface area contributed by atoms with Gasteiger partial charge in [0, 0.05) is 22.7 Å². The summed E-state index contributed by atoms with van der Waals surface area (Å²) in [5, 5.41) is 1.12. The molecular formula is C17H13NO. The summed E-state index contributed by atoms with van der Waals surface area (Å²) in [6.07, 6.45) is 5.39. The summed E-state index contributed by atoms with van der Waals surface area (Å²) in [6.45, 7) is 0. The minimum atomic E-state index is 0.0193. The molecule has 2 heteroatoms. The van der Waals surface area contributed by atoms with Crippen LogP contribution in [-0.4, -0.2) is 10.8 Å². The number of allylic oxidation sites excluding steroid dienone is 1. The lowest BCUT2D eigenvalue weighted by Crippen LogP contribution is -1.92. The van der Waals surface area contributed by atoms with Crippen molar-refractivity contribution in [1.29, 1.82) is 0 Å². The Morgan fingerprint density at radius 3 is 2.53 bits per heavy atom. The van der Waals surface area contributed by atoms with Crippen molar-refractivity contribution in [3.05, 3.63) is 78.0 Å². The maximum absolute atomic E-state index is 12.0. The molecule has 0 saturated heterocycles. The lowest BCUT2D eigenvalue weighted by molar-refractivity contribution is 0.104. The Morgan fingerprint density at radius 1 is 0.947 bits per heavy atom. The number of para-hydroxylation sites is 1. The number of aromatic nitrogens is 1. The molecule has 0 aliphatic rings. The Kier molecular flexibility index (Phi) is 2.99. The van der Waals surface area contributed by atoms with E-state index in [1.165, 1.54) is 0 Å². The maximum atomic E-state index is 12.0. The summed E-state index contributed by atoms with van der Waals surface area (Å²) < 4.78 is 0. The van der Waals surface area contributed by atoms with E-state index in [9.17, 15) is 4.79 Å². The van der Waals surface area contributed by atoms with Crippen molar-refractivity contribution in [3.8, 4) is 0 Å². The first-order valence-electron chi connectivity index (χ1n) is 6.18. The Hall–Kier alpha value is -2.61. The van der Waals surface area contributed by atoms with Crippen molar-refractivity contribution in [2.24, 2.45) is 0 Å². The molecule has 1 heterocycles. The van der Waals surface area contributed by atoms with Gasteiger partial charge in [-0.2, -0.15) is 0 Å². The largest absolute Gasteiger partial charge is 0.361 e. The molecule has 0 aliphatic heterocycles. The molecule has 0 spiro atoms. The molecule has 1 aromatic heterocycles. The van der Waals surface area contributed by atoms with Crippen LogP contribution in [0.5, 0.6) is 0 Å². The summed E-state index contributed by atoms with van der Waals surface area (Å²) >= 11 is 0. The number of carbonyl (C=O) groups excluding carboxylic acids is 1. The Balaban J connectivity index is 1.89. The van der Waals surface area contributed by atoms with Gasteiger partial charge in [0.25, 0.3) is 0 Å². The SMILES string of the molecule is O=C(/C=C/c1c[nH]c2ccccc12)c1ccccc1. The number of benzene rings is 2. The summed E-state index contributed by atoms with van der Waals surface area (Å²) in [5.74, 6) is 0.0193. The van der Waals surface area contributed by atoms with Crippen LogP contribution in [0, 0.1) is 0 Å². The van der Waals surface area contributed by atoms with Crippen LogP contribution in [0.2, 0.25) is 0 Å². The van der Waals surface area contributed by atoms with Gasteiger partial charge in [-0.05, 0) is 23.8 Å². The number of H-pyrrole nitrogens is 1. The van der Waals surface area contributed by atoms with Crippen LogP contribution in [-0.2, 0) is 0 Å². The standard InChI is InChI=1S/C17H13NO/c19-17(13-6-2-1-3-7-13)11-10-14-12-18-16-9-5-4-8-15(14)16/h1-12,18H/b11-10+. The van der Waals surface area contributed by atoms with Crippen LogP contribution in [0.25, 0.3) is 17.0 Å². The van der Waals surface area contributed by atoms with Crippen LogP contribution in [0.3, 0.4) is 0 Å². The second kappa shape index (κ2) is 4.94. The molecule has 19 heavy (non-hydrogen) atoms. The molecule has 0 unspecified atom stereocenters. The molecule has 3 aromatic rings. The van der Waals surface area contributed by atoms with Gasteiger partial charge in [-0.15, -0.1) is 0 Å². The topological polar surface area (TPSA) is 32.9 Å². The summed E-state index contributed by atoms with van der Waals surface area (Å²) in [5.41, 5.74) is 2.81. The number of carbonyl (C=O) groups is 1. The fraction of sp³-hybridized carbons (Fsp3) is 0. The van der Waals surface area contributed by atoms with Crippen molar-refractivity contribution in [3.63, 3.8) is 0 Å². The van der Waals surface area contributed by atoms with Crippen LogP contribution >= 0.6 is 0 Å². The molecule has 1 N–H and O–H groups in total. The molecule has 0 atom stereocenters. The Bertz CT molecular complexity index is 738. The van der Waals surface area contributed by atoms with E-state index < -0.39 is 0 Å². The van der Waals surface area contributed by atoms with E-state index in [-0.39, 0.29) is 5.78 Å². The number of fused-ring (bicyclic) bond motifs is 1. The normalized spacial score (nSPS) is 11.2. The first kappa shape index (κ1) is 11.5. The minimum absolute atomic E-state index is 0.0193. The molecule has 2 aromatic carbocycles. The Morgan fingerprint density at radius 2 is 1.68 bits per heavy atom. The third-order valence-electron chi connectivity index (χ3n) is 3.09. The lowest BCUT2D eigenvalue weighted by Gasteiger charge is -1.94.